The van der Waals surface area contributed by atoms with Crippen LogP contribution in [0.1, 0.15) is 21.7 Å². The molecule has 2 aromatic heterocycles. The van der Waals surface area contributed by atoms with E-state index in [-0.39, 0.29) is 24.1 Å². The van der Waals surface area contributed by atoms with Crippen molar-refractivity contribution in [1.29, 1.82) is 0 Å². The minimum Gasteiger partial charge on any atom is -0.472 e. The fraction of sp³-hybridized carbons (Fsp3) is 0.474. The van der Waals surface area contributed by atoms with Crippen molar-refractivity contribution in [2.24, 2.45) is 0 Å². The SMILES string of the molecule is Cc1cccc(CO[C@@H]2[C@@H](NC(=O)c3ccoc3)CN3CCOC[C@H]23)n1. The van der Waals surface area contributed by atoms with Crippen LogP contribution in [0.2, 0.25) is 0 Å². The summed E-state index contributed by atoms with van der Waals surface area (Å²) < 4.78 is 16.9. The number of carbonyl (C=O) groups is 1. The lowest BCUT2D eigenvalue weighted by molar-refractivity contribution is -0.0538. The molecule has 0 aliphatic carbocycles. The molecule has 7 heteroatoms. The van der Waals surface area contributed by atoms with Gasteiger partial charge in [0.1, 0.15) is 6.26 Å². The summed E-state index contributed by atoms with van der Waals surface area (Å²) in [6.45, 7) is 5.31. The number of hydrogen-bond donors (Lipinski definition) is 1. The molecule has 4 rings (SSSR count). The Morgan fingerprint density at radius 2 is 2.35 bits per heavy atom. The van der Waals surface area contributed by atoms with Crippen LogP contribution in [0, 0.1) is 6.92 Å². The van der Waals surface area contributed by atoms with E-state index in [0.29, 0.717) is 25.4 Å². The number of morpholine rings is 1. The molecule has 138 valence electrons. The topological polar surface area (TPSA) is 76.8 Å². The Labute approximate surface area is 152 Å². The van der Waals surface area contributed by atoms with Gasteiger partial charge in [0.25, 0.3) is 5.91 Å². The Bertz CT molecular complexity index is 749. The number of hydrogen-bond acceptors (Lipinski definition) is 6. The van der Waals surface area contributed by atoms with Crippen molar-refractivity contribution in [3.05, 3.63) is 53.7 Å². The molecule has 4 heterocycles. The standard InChI is InChI=1S/C19H23N3O4/c1-13-3-2-4-15(20-13)11-26-18-16(9-22-6-8-25-12-17(18)22)21-19(23)14-5-7-24-10-14/h2-5,7,10,16-18H,6,8-9,11-12H2,1H3,(H,21,23)/t16-,17+,18+/m0/s1. The predicted octanol–water partition coefficient (Wildman–Crippen LogP) is 1.38. The minimum absolute atomic E-state index is 0.103. The Morgan fingerprint density at radius 1 is 1.42 bits per heavy atom. The minimum atomic E-state index is -0.146. The molecule has 26 heavy (non-hydrogen) atoms. The Balaban J connectivity index is 1.46. The highest BCUT2D eigenvalue weighted by molar-refractivity contribution is 5.94. The molecule has 3 atom stereocenters. The summed E-state index contributed by atoms with van der Waals surface area (Å²) in [5, 5.41) is 3.09. The molecular formula is C19H23N3O4. The molecular weight excluding hydrogens is 334 g/mol. The van der Waals surface area contributed by atoms with Crippen LogP contribution in [-0.2, 0) is 16.1 Å². The fourth-order valence-electron chi connectivity index (χ4n) is 3.67. The molecule has 1 amide bonds. The van der Waals surface area contributed by atoms with Crippen molar-refractivity contribution in [2.45, 2.75) is 31.7 Å². The van der Waals surface area contributed by atoms with Gasteiger partial charge in [0, 0.05) is 18.8 Å². The first-order valence-corrected chi connectivity index (χ1v) is 8.90. The van der Waals surface area contributed by atoms with Crippen molar-refractivity contribution in [3.8, 4) is 0 Å². The Hall–Kier alpha value is -2.22. The van der Waals surface area contributed by atoms with Gasteiger partial charge in [-0.15, -0.1) is 0 Å². The lowest BCUT2D eigenvalue weighted by Crippen LogP contribution is -2.48. The molecule has 0 spiro atoms. The smallest absolute Gasteiger partial charge is 0.254 e. The molecule has 2 aliphatic heterocycles. The van der Waals surface area contributed by atoms with E-state index in [4.69, 9.17) is 13.9 Å². The van der Waals surface area contributed by atoms with Crippen LogP contribution in [0.4, 0.5) is 0 Å². The number of aromatic nitrogens is 1. The van der Waals surface area contributed by atoms with Gasteiger partial charge >= 0.3 is 0 Å². The number of ether oxygens (including phenoxy) is 2. The van der Waals surface area contributed by atoms with Crippen molar-refractivity contribution in [3.63, 3.8) is 0 Å². The Morgan fingerprint density at radius 3 is 3.15 bits per heavy atom. The molecule has 2 fully saturated rings. The largest absolute Gasteiger partial charge is 0.472 e. The first-order chi connectivity index (χ1) is 12.7. The quantitative estimate of drug-likeness (QED) is 0.871. The zero-order chi connectivity index (χ0) is 17.9. The molecule has 0 aromatic carbocycles. The number of nitrogens with zero attached hydrogens (tertiary/aromatic N) is 2. The fourth-order valence-corrected chi connectivity index (χ4v) is 3.67. The van der Waals surface area contributed by atoms with Crippen LogP contribution in [-0.4, -0.2) is 60.3 Å². The van der Waals surface area contributed by atoms with Crippen molar-refractivity contribution >= 4 is 5.91 Å². The van der Waals surface area contributed by atoms with Gasteiger partial charge in [-0.1, -0.05) is 6.07 Å². The van der Waals surface area contributed by atoms with Crippen LogP contribution < -0.4 is 5.32 Å². The lowest BCUT2D eigenvalue weighted by atomic mass is 10.1. The van der Waals surface area contributed by atoms with Crippen LogP contribution in [0.3, 0.4) is 0 Å². The lowest BCUT2D eigenvalue weighted by Gasteiger charge is -2.32. The van der Waals surface area contributed by atoms with Gasteiger partial charge in [-0.3, -0.25) is 14.7 Å². The molecule has 0 radical (unpaired) electrons. The van der Waals surface area contributed by atoms with Crippen molar-refractivity contribution in [1.82, 2.24) is 15.2 Å². The summed E-state index contributed by atoms with van der Waals surface area (Å²) in [4.78, 5) is 19.3. The summed E-state index contributed by atoms with van der Waals surface area (Å²) in [7, 11) is 0. The summed E-state index contributed by atoms with van der Waals surface area (Å²) in [6.07, 6.45) is 2.80. The summed E-state index contributed by atoms with van der Waals surface area (Å²) in [5.74, 6) is -0.146. The van der Waals surface area contributed by atoms with Crippen LogP contribution in [0.5, 0.6) is 0 Å². The van der Waals surface area contributed by atoms with E-state index in [0.717, 1.165) is 24.5 Å². The number of rotatable bonds is 5. The zero-order valence-electron chi connectivity index (χ0n) is 14.8. The number of furan rings is 1. The molecule has 7 nitrogen and oxygen atoms in total. The van der Waals surface area contributed by atoms with Gasteiger partial charge < -0.3 is 19.2 Å². The van der Waals surface area contributed by atoms with Crippen molar-refractivity contribution < 1.29 is 18.7 Å². The van der Waals surface area contributed by atoms with E-state index in [1.54, 1.807) is 6.07 Å². The maximum absolute atomic E-state index is 12.4. The van der Waals surface area contributed by atoms with Crippen LogP contribution in [0.15, 0.2) is 41.2 Å². The molecule has 0 unspecified atom stereocenters. The van der Waals surface area contributed by atoms with Gasteiger partial charge in [0.15, 0.2) is 0 Å². The van der Waals surface area contributed by atoms with E-state index in [2.05, 4.69) is 15.2 Å². The molecule has 1 N–H and O–H groups in total. The van der Waals surface area contributed by atoms with Gasteiger partial charge in [-0.05, 0) is 25.1 Å². The second-order valence-electron chi connectivity index (χ2n) is 6.78. The number of pyridine rings is 1. The second-order valence-corrected chi connectivity index (χ2v) is 6.78. The highest BCUT2D eigenvalue weighted by atomic mass is 16.5. The number of fused-ring (bicyclic) bond motifs is 1. The van der Waals surface area contributed by atoms with Gasteiger partial charge in [0.2, 0.25) is 0 Å². The number of carbonyl (C=O) groups excluding carboxylic acids is 1. The monoisotopic (exact) mass is 357 g/mol. The third kappa shape index (κ3) is 3.65. The molecule has 0 saturated carbocycles. The van der Waals surface area contributed by atoms with Crippen LogP contribution in [0.25, 0.3) is 0 Å². The Kier molecular flexibility index (Phi) is 5.01. The van der Waals surface area contributed by atoms with Gasteiger partial charge in [0.05, 0.1) is 55.5 Å². The average molecular weight is 357 g/mol. The maximum atomic E-state index is 12.4. The third-order valence-corrected chi connectivity index (χ3v) is 4.96. The highest BCUT2D eigenvalue weighted by Crippen LogP contribution is 2.25. The molecule has 2 saturated heterocycles. The molecule has 2 aliphatic rings. The van der Waals surface area contributed by atoms with E-state index in [1.165, 1.54) is 12.5 Å². The summed E-state index contributed by atoms with van der Waals surface area (Å²) in [5.41, 5.74) is 2.37. The van der Waals surface area contributed by atoms with E-state index in [1.807, 2.05) is 25.1 Å². The van der Waals surface area contributed by atoms with E-state index in [9.17, 15) is 4.79 Å². The third-order valence-electron chi connectivity index (χ3n) is 4.96. The average Bonchev–Trinajstić information content (AvgIpc) is 3.28. The first-order valence-electron chi connectivity index (χ1n) is 8.90. The normalized spacial score (nSPS) is 25.8. The molecule has 0 bridgehead atoms. The van der Waals surface area contributed by atoms with E-state index >= 15 is 0 Å². The number of nitrogens with one attached hydrogen (secondary N) is 1. The first kappa shape index (κ1) is 17.2. The highest BCUT2D eigenvalue weighted by Gasteiger charge is 2.44. The zero-order valence-corrected chi connectivity index (χ0v) is 14.8. The number of amides is 1. The second kappa shape index (κ2) is 7.57. The van der Waals surface area contributed by atoms with E-state index < -0.39 is 0 Å². The summed E-state index contributed by atoms with van der Waals surface area (Å²) in [6, 6.07) is 7.59. The van der Waals surface area contributed by atoms with Crippen molar-refractivity contribution in [2.75, 3.05) is 26.3 Å². The van der Waals surface area contributed by atoms with Gasteiger partial charge in [-0.2, -0.15) is 0 Å². The summed E-state index contributed by atoms with van der Waals surface area (Å²) >= 11 is 0. The number of aryl methyl sites for hydroxylation is 1. The molecule has 2 aromatic rings. The van der Waals surface area contributed by atoms with Gasteiger partial charge in [-0.25, -0.2) is 0 Å². The predicted molar refractivity (Wildman–Crippen MR) is 93.7 cm³/mol. The van der Waals surface area contributed by atoms with Crippen LogP contribution >= 0.6 is 0 Å². The maximum Gasteiger partial charge on any atom is 0.254 e.